The number of nitrogens with zero attached hydrogens (tertiary/aromatic N) is 1. The van der Waals surface area contributed by atoms with Crippen LogP contribution in [0.2, 0.25) is 0 Å². The molecule has 0 bridgehead atoms. The summed E-state index contributed by atoms with van der Waals surface area (Å²) >= 11 is 0. The Balaban J connectivity index is 1.61. The molecule has 22 heavy (non-hydrogen) atoms. The van der Waals surface area contributed by atoms with Crippen molar-refractivity contribution in [1.29, 1.82) is 0 Å². The van der Waals surface area contributed by atoms with Crippen molar-refractivity contribution < 1.29 is 14.2 Å². The number of anilines is 1. The lowest BCUT2D eigenvalue weighted by molar-refractivity contribution is 0.0374. The van der Waals surface area contributed by atoms with Gasteiger partial charge < -0.3 is 19.5 Å². The summed E-state index contributed by atoms with van der Waals surface area (Å²) in [6, 6.07) is 4.34. The molecule has 0 spiro atoms. The van der Waals surface area contributed by atoms with E-state index >= 15 is 0 Å². The van der Waals surface area contributed by atoms with Gasteiger partial charge in [-0.15, -0.1) is 0 Å². The molecule has 0 aliphatic carbocycles. The monoisotopic (exact) mass is 306 g/mol. The number of nitrogens with one attached hydrogen (secondary N) is 1. The molecule has 3 rings (SSSR count). The number of hydrogen-bond acceptors (Lipinski definition) is 5. The Morgan fingerprint density at radius 1 is 1.23 bits per heavy atom. The molecule has 122 valence electrons. The van der Waals surface area contributed by atoms with Crippen LogP contribution in [0.3, 0.4) is 0 Å². The highest BCUT2D eigenvalue weighted by Gasteiger charge is 2.17. The van der Waals surface area contributed by atoms with Gasteiger partial charge in [-0.1, -0.05) is 0 Å². The van der Waals surface area contributed by atoms with Crippen LogP contribution in [-0.2, 0) is 11.2 Å². The fraction of sp³-hybridized carbons (Fsp3) is 0.647. The second kappa shape index (κ2) is 7.70. The van der Waals surface area contributed by atoms with E-state index in [-0.39, 0.29) is 0 Å². The van der Waals surface area contributed by atoms with Crippen molar-refractivity contribution >= 4 is 5.69 Å². The largest absolute Gasteiger partial charge is 0.490 e. The van der Waals surface area contributed by atoms with Crippen LogP contribution in [-0.4, -0.2) is 57.5 Å². The lowest BCUT2D eigenvalue weighted by Gasteiger charge is -2.26. The van der Waals surface area contributed by atoms with Gasteiger partial charge in [-0.25, -0.2) is 0 Å². The molecule has 1 saturated heterocycles. The quantitative estimate of drug-likeness (QED) is 0.872. The minimum atomic E-state index is 0.660. The van der Waals surface area contributed by atoms with Crippen LogP contribution in [0.25, 0.3) is 0 Å². The van der Waals surface area contributed by atoms with Gasteiger partial charge in [0.2, 0.25) is 0 Å². The van der Waals surface area contributed by atoms with E-state index in [0.29, 0.717) is 13.2 Å². The van der Waals surface area contributed by atoms with Gasteiger partial charge >= 0.3 is 0 Å². The van der Waals surface area contributed by atoms with Crippen LogP contribution in [0.5, 0.6) is 11.5 Å². The molecular weight excluding hydrogens is 280 g/mol. The van der Waals surface area contributed by atoms with Gasteiger partial charge in [-0.3, -0.25) is 4.90 Å². The molecule has 1 aromatic rings. The van der Waals surface area contributed by atoms with Crippen molar-refractivity contribution in [3.8, 4) is 11.5 Å². The lowest BCUT2D eigenvalue weighted by Crippen LogP contribution is -2.36. The van der Waals surface area contributed by atoms with Gasteiger partial charge in [0.05, 0.1) is 25.5 Å². The highest BCUT2D eigenvalue weighted by molar-refractivity contribution is 5.66. The van der Waals surface area contributed by atoms with Crippen LogP contribution in [0, 0.1) is 0 Å². The van der Waals surface area contributed by atoms with Crippen molar-refractivity contribution in [2.45, 2.75) is 19.8 Å². The highest BCUT2D eigenvalue weighted by Crippen LogP contribution is 2.38. The number of benzene rings is 1. The number of ether oxygens (including phenoxy) is 3. The second-order valence-corrected chi connectivity index (χ2v) is 5.74. The summed E-state index contributed by atoms with van der Waals surface area (Å²) in [7, 11) is 0. The maximum atomic E-state index is 5.75. The van der Waals surface area contributed by atoms with Gasteiger partial charge in [0.1, 0.15) is 6.61 Å². The average Bonchev–Trinajstić information content (AvgIpc) is 2.56. The molecule has 1 N–H and O–H groups in total. The van der Waals surface area contributed by atoms with Crippen molar-refractivity contribution in [1.82, 2.24) is 4.90 Å². The summed E-state index contributed by atoms with van der Waals surface area (Å²) in [6.45, 7) is 9.21. The zero-order chi connectivity index (χ0) is 15.2. The fourth-order valence-electron chi connectivity index (χ4n) is 3.02. The zero-order valence-electron chi connectivity index (χ0n) is 13.4. The van der Waals surface area contributed by atoms with Crippen LogP contribution in [0.4, 0.5) is 5.69 Å². The summed E-state index contributed by atoms with van der Waals surface area (Å²) in [6.07, 6.45) is 2.22. The Hall–Kier alpha value is -1.46. The Kier molecular flexibility index (Phi) is 5.40. The minimum absolute atomic E-state index is 0.660. The van der Waals surface area contributed by atoms with Gasteiger partial charge in [0.15, 0.2) is 11.5 Å². The van der Waals surface area contributed by atoms with Crippen LogP contribution >= 0.6 is 0 Å². The van der Waals surface area contributed by atoms with Crippen molar-refractivity contribution in [2.75, 3.05) is 57.9 Å². The molecule has 0 aromatic heterocycles. The Labute approximate surface area is 132 Å². The van der Waals surface area contributed by atoms with Gasteiger partial charge in [0.25, 0.3) is 0 Å². The maximum Gasteiger partial charge on any atom is 0.184 e. The molecule has 0 radical (unpaired) electrons. The Bertz CT molecular complexity index is 487. The zero-order valence-corrected chi connectivity index (χ0v) is 13.4. The van der Waals surface area contributed by atoms with E-state index < -0.39 is 0 Å². The molecule has 2 aliphatic rings. The third-order valence-electron chi connectivity index (χ3n) is 4.12. The Morgan fingerprint density at radius 2 is 2.09 bits per heavy atom. The van der Waals surface area contributed by atoms with Crippen molar-refractivity contribution in [2.24, 2.45) is 0 Å². The van der Waals surface area contributed by atoms with Crippen molar-refractivity contribution in [3.05, 3.63) is 17.7 Å². The van der Waals surface area contributed by atoms with Crippen LogP contribution in [0.15, 0.2) is 12.1 Å². The summed E-state index contributed by atoms with van der Waals surface area (Å²) in [5.41, 5.74) is 2.38. The number of rotatable bonds is 6. The van der Waals surface area contributed by atoms with Gasteiger partial charge in [-0.2, -0.15) is 0 Å². The third kappa shape index (κ3) is 3.84. The van der Waals surface area contributed by atoms with E-state index in [4.69, 9.17) is 14.2 Å². The maximum absolute atomic E-state index is 5.75. The molecule has 5 heteroatoms. The number of hydrogen-bond donors (Lipinski definition) is 1. The topological polar surface area (TPSA) is 43.0 Å². The fourth-order valence-corrected chi connectivity index (χ4v) is 3.02. The van der Waals surface area contributed by atoms with E-state index in [9.17, 15) is 0 Å². The molecule has 0 amide bonds. The predicted octanol–water partition coefficient (Wildman–Crippen LogP) is 2.15. The number of morpholine rings is 1. The third-order valence-corrected chi connectivity index (χ3v) is 4.12. The number of aryl methyl sites for hydroxylation is 1. The Morgan fingerprint density at radius 3 is 2.91 bits per heavy atom. The molecule has 2 aliphatic heterocycles. The van der Waals surface area contributed by atoms with Crippen molar-refractivity contribution in [3.63, 3.8) is 0 Å². The number of fused-ring (bicyclic) bond motifs is 1. The lowest BCUT2D eigenvalue weighted by atomic mass is 10.1. The first-order valence-electron chi connectivity index (χ1n) is 8.33. The van der Waals surface area contributed by atoms with Gasteiger partial charge in [0, 0.05) is 19.6 Å². The summed E-state index contributed by atoms with van der Waals surface area (Å²) in [4.78, 5) is 2.48. The summed E-state index contributed by atoms with van der Waals surface area (Å²) < 4.78 is 16.9. The van der Waals surface area contributed by atoms with Gasteiger partial charge in [-0.05, 0) is 44.0 Å². The summed E-state index contributed by atoms with van der Waals surface area (Å²) in [5, 5.41) is 3.41. The molecule has 5 nitrogen and oxygen atoms in total. The predicted molar refractivity (Wildman–Crippen MR) is 87.2 cm³/mol. The second-order valence-electron chi connectivity index (χ2n) is 5.74. The smallest absolute Gasteiger partial charge is 0.184 e. The van der Waals surface area contributed by atoms with E-state index in [1.807, 2.05) is 6.92 Å². The molecule has 1 aromatic carbocycles. The standard InChI is InChI=1S/C17H26N2O3/c1-2-21-16-13-14(12-15-17(16)22-9-5-18-15)4-3-6-19-7-10-20-11-8-19/h12-13,18H,2-11H2,1H3. The first-order valence-corrected chi connectivity index (χ1v) is 8.33. The molecular formula is C17H26N2O3. The van der Waals surface area contributed by atoms with E-state index in [2.05, 4.69) is 22.3 Å². The first kappa shape index (κ1) is 15.4. The van der Waals surface area contributed by atoms with E-state index in [0.717, 1.165) is 69.4 Å². The van der Waals surface area contributed by atoms with Crippen LogP contribution in [0.1, 0.15) is 18.9 Å². The molecule has 0 atom stereocenters. The van der Waals surface area contributed by atoms with E-state index in [1.165, 1.54) is 5.56 Å². The SMILES string of the molecule is CCOc1cc(CCCN2CCOCC2)cc2c1OCCN2. The normalized spacial score (nSPS) is 18.2. The van der Waals surface area contributed by atoms with Crippen LogP contribution < -0.4 is 14.8 Å². The molecule has 1 fully saturated rings. The first-order chi connectivity index (χ1) is 10.9. The minimum Gasteiger partial charge on any atom is -0.490 e. The van der Waals surface area contributed by atoms with E-state index in [1.54, 1.807) is 0 Å². The molecule has 0 unspecified atom stereocenters. The summed E-state index contributed by atoms with van der Waals surface area (Å²) in [5.74, 6) is 1.73. The average molecular weight is 306 g/mol. The molecule has 2 heterocycles. The highest BCUT2D eigenvalue weighted by atomic mass is 16.5. The molecule has 0 saturated carbocycles.